The lowest BCUT2D eigenvalue weighted by atomic mass is 10.0. The van der Waals surface area contributed by atoms with Crippen molar-refractivity contribution in [2.75, 3.05) is 7.11 Å². The van der Waals surface area contributed by atoms with Crippen LogP contribution in [0.2, 0.25) is 0 Å². The standard InChI is InChI=1S/C21H14O4S/c1-25-20(23)18-19(22)16-9-8-15(11-17(16)26-21(18)24)14-7-6-12-4-2-3-5-13(12)10-14/h2-11,24H,1H3. The van der Waals surface area contributed by atoms with E-state index in [1.54, 1.807) is 6.07 Å². The number of methoxy groups -OCH3 is 1. The van der Waals surface area contributed by atoms with E-state index in [0.29, 0.717) is 10.1 Å². The summed E-state index contributed by atoms with van der Waals surface area (Å²) in [4.78, 5) is 24.3. The van der Waals surface area contributed by atoms with Gasteiger partial charge in [-0.1, -0.05) is 53.8 Å². The highest BCUT2D eigenvalue weighted by atomic mass is 32.1. The van der Waals surface area contributed by atoms with E-state index in [1.165, 1.54) is 7.11 Å². The first-order chi connectivity index (χ1) is 12.6. The van der Waals surface area contributed by atoms with Crippen LogP contribution in [0.4, 0.5) is 0 Å². The van der Waals surface area contributed by atoms with Crippen molar-refractivity contribution in [3.05, 3.63) is 76.5 Å². The first-order valence-electron chi connectivity index (χ1n) is 7.96. The third-order valence-corrected chi connectivity index (χ3v) is 5.30. The van der Waals surface area contributed by atoms with E-state index < -0.39 is 11.4 Å². The molecule has 1 heterocycles. The zero-order chi connectivity index (χ0) is 18.3. The molecule has 0 aliphatic carbocycles. The molecule has 0 fully saturated rings. The van der Waals surface area contributed by atoms with Gasteiger partial charge in [0.25, 0.3) is 0 Å². The van der Waals surface area contributed by atoms with Gasteiger partial charge in [-0.2, -0.15) is 0 Å². The number of carbonyl (C=O) groups excluding carboxylic acids is 1. The number of carbonyl (C=O) groups is 1. The molecular weight excluding hydrogens is 348 g/mol. The third-order valence-electron chi connectivity index (χ3n) is 4.35. The molecule has 0 unspecified atom stereocenters. The zero-order valence-electron chi connectivity index (χ0n) is 13.9. The lowest BCUT2D eigenvalue weighted by molar-refractivity contribution is 0.0597. The van der Waals surface area contributed by atoms with Crippen molar-refractivity contribution in [3.8, 4) is 16.2 Å². The number of rotatable bonds is 2. The van der Waals surface area contributed by atoms with Crippen LogP contribution in [0.1, 0.15) is 10.4 Å². The molecule has 4 nitrogen and oxygen atoms in total. The molecule has 0 saturated heterocycles. The van der Waals surface area contributed by atoms with E-state index in [2.05, 4.69) is 22.9 Å². The molecule has 0 saturated carbocycles. The van der Waals surface area contributed by atoms with Gasteiger partial charge in [0.2, 0.25) is 5.43 Å². The normalized spacial score (nSPS) is 11.0. The predicted molar refractivity (Wildman–Crippen MR) is 104 cm³/mol. The summed E-state index contributed by atoms with van der Waals surface area (Å²) in [7, 11) is 1.18. The Morgan fingerprint density at radius 1 is 0.962 bits per heavy atom. The second-order valence-electron chi connectivity index (χ2n) is 5.88. The van der Waals surface area contributed by atoms with E-state index in [9.17, 15) is 14.7 Å². The Labute approximate surface area is 152 Å². The lowest BCUT2D eigenvalue weighted by Gasteiger charge is -2.07. The summed E-state index contributed by atoms with van der Waals surface area (Å²) in [6.45, 7) is 0. The SMILES string of the molecule is COC(=O)c1c(O)sc2cc(-c3ccc4ccccc4c3)ccc2c1=O. The fraction of sp³-hybridized carbons (Fsp3) is 0.0476. The number of esters is 1. The molecule has 5 heteroatoms. The predicted octanol–water partition coefficient (Wildman–Crippen LogP) is 4.57. The average molecular weight is 362 g/mol. The summed E-state index contributed by atoms with van der Waals surface area (Å²) in [5, 5.41) is 12.5. The monoisotopic (exact) mass is 362 g/mol. The molecule has 3 aromatic carbocycles. The average Bonchev–Trinajstić information content (AvgIpc) is 2.67. The molecular formula is C21H14O4S. The van der Waals surface area contributed by atoms with Gasteiger partial charge < -0.3 is 9.84 Å². The van der Waals surface area contributed by atoms with E-state index in [0.717, 1.165) is 33.2 Å². The van der Waals surface area contributed by atoms with Crippen molar-refractivity contribution in [3.63, 3.8) is 0 Å². The first-order valence-corrected chi connectivity index (χ1v) is 8.77. The van der Waals surface area contributed by atoms with E-state index >= 15 is 0 Å². The second-order valence-corrected chi connectivity index (χ2v) is 6.91. The van der Waals surface area contributed by atoms with Gasteiger partial charge in [-0.25, -0.2) is 4.79 Å². The fourth-order valence-corrected chi connectivity index (χ4v) is 3.95. The van der Waals surface area contributed by atoms with Crippen LogP contribution in [0.3, 0.4) is 0 Å². The van der Waals surface area contributed by atoms with Crippen molar-refractivity contribution in [2.45, 2.75) is 0 Å². The quantitative estimate of drug-likeness (QED) is 0.531. The van der Waals surface area contributed by atoms with E-state index in [1.807, 2.05) is 36.4 Å². The van der Waals surface area contributed by atoms with E-state index in [4.69, 9.17) is 0 Å². The van der Waals surface area contributed by atoms with Gasteiger partial charge in [-0.05, 0) is 40.1 Å². The van der Waals surface area contributed by atoms with Crippen molar-refractivity contribution >= 4 is 38.2 Å². The van der Waals surface area contributed by atoms with Crippen LogP contribution < -0.4 is 5.43 Å². The van der Waals surface area contributed by atoms with Gasteiger partial charge >= 0.3 is 5.97 Å². The Hall–Kier alpha value is -3.18. The minimum absolute atomic E-state index is 0.316. The van der Waals surface area contributed by atoms with Crippen molar-refractivity contribution in [1.82, 2.24) is 0 Å². The molecule has 0 aliphatic heterocycles. The number of benzene rings is 3. The fourth-order valence-electron chi connectivity index (χ4n) is 3.01. The molecule has 0 spiro atoms. The number of hydrogen-bond acceptors (Lipinski definition) is 5. The maximum atomic E-state index is 12.5. The van der Waals surface area contributed by atoms with Crippen LogP contribution in [0.15, 0.2) is 65.5 Å². The summed E-state index contributed by atoms with van der Waals surface area (Å²) in [6.07, 6.45) is 0. The maximum absolute atomic E-state index is 12.5. The molecule has 1 N–H and O–H groups in total. The Morgan fingerprint density at radius 2 is 1.65 bits per heavy atom. The number of aromatic hydroxyl groups is 1. The highest BCUT2D eigenvalue weighted by Gasteiger charge is 2.20. The zero-order valence-corrected chi connectivity index (χ0v) is 14.7. The van der Waals surface area contributed by atoms with Crippen LogP contribution in [-0.4, -0.2) is 18.2 Å². The number of fused-ring (bicyclic) bond motifs is 2. The lowest BCUT2D eigenvalue weighted by Crippen LogP contribution is -2.15. The van der Waals surface area contributed by atoms with Crippen molar-refractivity contribution < 1.29 is 14.6 Å². The van der Waals surface area contributed by atoms with Crippen LogP contribution in [0.25, 0.3) is 32.0 Å². The highest BCUT2D eigenvalue weighted by molar-refractivity contribution is 7.20. The maximum Gasteiger partial charge on any atom is 0.346 e. The van der Waals surface area contributed by atoms with Crippen LogP contribution >= 0.6 is 11.3 Å². The molecule has 0 amide bonds. The van der Waals surface area contributed by atoms with Gasteiger partial charge in [0.15, 0.2) is 10.6 Å². The summed E-state index contributed by atoms with van der Waals surface area (Å²) in [5.74, 6) is -0.829. The Morgan fingerprint density at radius 3 is 2.42 bits per heavy atom. The number of hydrogen-bond donors (Lipinski definition) is 1. The van der Waals surface area contributed by atoms with Crippen LogP contribution in [0.5, 0.6) is 5.06 Å². The smallest absolute Gasteiger partial charge is 0.346 e. The molecule has 0 aliphatic rings. The third kappa shape index (κ3) is 2.62. The van der Waals surface area contributed by atoms with Crippen LogP contribution in [0, 0.1) is 0 Å². The molecule has 26 heavy (non-hydrogen) atoms. The second kappa shape index (κ2) is 6.28. The Balaban J connectivity index is 1.90. The van der Waals surface area contributed by atoms with Gasteiger partial charge in [0, 0.05) is 10.1 Å². The molecule has 0 radical (unpaired) electrons. The number of ether oxygens (including phenoxy) is 1. The molecule has 1 aromatic heterocycles. The van der Waals surface area contributed by atoms with Gasteiger partial charge in [0.05, 0.1) is 7.11 Å². The summed E-state index contributed by atoms with van der Waals surface area (Å²) < 4.78 is 5.21. The highest BCUT2D eigenvalue weighted by Crippen LogP contribution is 2.32. The van der Waals surface area contributed by atoms with Crippen molar-refractivity contribution in [1.29, 1.82) is 0 Å². The summed E-state index contributed by atoms with van der Waals surface area (Å²) in [6, 6.07) is 19.6. The molecule has 0 bridgehead atoms. The molecule has 0 atom stereocenters. The summed E-state index contributed by atoms with van der Waals surface area (Å²) in [5.41, 5.74) is 1.11. The topological polar surface area (TPSA) is 63.6 Å². The van der Waals surface area contributed by atoms with E-state index in [-0.39, 0.29) is 10.6 Å². The summed E-state index contributed by atoms with van der Waals surface area (Å²) >= 11 is 0.993. The van der Waals surface area contributed by atoms with Crippen LogP contribution in [-0.2, 0) is 4.74 Å². The van der Waals surface area contributed by atoms with Gasteiger partial charge in [-0.15, -0.1) is 0 Å². The molecule has 128 valence electrons. The minimum Gasteiger partial charge on any atom is -0.499 e. The molecule has 4 aromatic rings. The first kappa shape index (κ1) is 16.3. The van der Waals surface area contributed by atoms with Gasteiger partial charge in [-0.3, -0.25) is 4.79 Å². The van der Waals surface area contributed by atoms with Gasteiger partial charge in [0.1, 0.15) is 0 Å². The Kier molecular flexibility index (Phi) is 3.93. The minimum atomic E-state index is -0.829. The van der Waals surface area contributed by atoms with Crippen molar-refractivity contribution in [2.24, 2.45) is 0 Å². The largest absolute Gasteiger partial charge is 0.499 e. The molecule has 4 rings (SSSR count). The Bertz CT molecular complexity index is 1220.